The molecule has 6 nitrogen and oxygen atoms in total. The Bertz CT molecular complexity index is 829. The largest absolute Gasteiger partial charge is 0.466 e. The third-order valence-electron chi connectivity index (χ3n) is 6.85. The molecule has 3 aliphatic rings. The van der Waals surface area contributed by atoms with Gasteiger partial charge in [0.15, 0.2) is 0 Å². The molecule has 0 saturated carbocycles. The van der Waals surface area contributed by atoms with Gasteiger partial charge in [-0.05, 0) is 74.9 Å². The number of nitrogens with one attached hydrogen (secondary N) is 1. The number of furan rings is 1. The van der Waals surface area contributed by atoms with Gasteiger partial charge in [-0.15, -0.1) is 0 Å². The highest BCUT2D eigenvalue weighted by Gasteiger charge is 2.49. The molecule has 0 spiro atoms. The lowest BCUT2D eigenvalue weighted by molar-refractivity contribution is -0.121. The number of piperidine rings is 1. The monoisotopic (exact) mass is 395 g/mol. The van der Waals surface area contributed by atoms with Crippen LogP contribution in [0.15, 0.2) is 47.1 Å². The summed E-state index contributed by atoms with van der Waals surface area (Å²) in [6.07, 6.45) is 7.40. The standard InChI is InChI=1S/C23H29N3O3/c27-22(24-17-5-7-18(8-6-17)25-11-1-2-12-25)16-26-19-9-10-20(26)15-23(28,14-19)21-4-3-13-29-21/h3-8,13,19-20,28H,1-2,9-12,14-16H2,(H,24,27). The normalized spacial score (nSPS) is 29.3. The molecule has 0 radical (unpaired) electrons. The summed E-state index contributed by atoms with van der Waals surface area (Å²) < 4.78 is 5.49. The van der Waals surface area contributed by atoms with E-state index in [2.05, 4.69) is 27.2 Å². The predicted octanol–water partition coefficient (Wildman–Crippen LogP) is 3.33. The van der Waals surface area contributed by atoms with Gasteiger partial charge < -0.3 is 19.7 Å². The Morgan fingerprint density at radius 2 is 1.79 bits per heavy atom. The van der Waals surface area contributed by atoms with Crippen molar-refractivity contribution in [2.45, 2.75) is 56.2 Å². The Hall–Kier alpha value is -2.31. The molecule has 5 rings (SSSR count). The minimum atomic E-state index is -0.909. The van der Waals surface area contributed by atoms with E-state index in [-0.39, 0.29) is 18.0 Å². The predicted molar refractivity (Wildman–Crippen MR) is 112 cm³/mol. The van der Waals surface area contributed by atoms with Crippen LogP contribution < -0.4 is 10.2 Å². The second-order valence-corrected chi connectivity index (χ2v) is 8.76. The number of carbonyl (C=O) groups is 1. The van der Waals surface area contributed by atoms with Gasteiger partial charge >= 0.3 is 0 Å². The molecule has 1 amide bonds. The average molecular weight is 396 g/mol. The lowest BCUT2D eigenvalue weighted by Crippen LogP contribution is -2.51. The van der Waals surface area contributed by atoms with Crippen molar-refractivity contribution >= 4 is 17.3 Å². The van der Waals surface area contributed by atoms with Gasteiger partial charge in [0.1, 0.15) is 11.4 Å². The van der Waals surface area contributed by atoms with Gasteiger partial charge in [0.25, 0.3) is 0 Å². The number of hydrogen-bond donors (Lipinski definition) is 2. The molecule has 3 aliphatic heterocycles. The van der Waals surface area contributed by atoms with Gasteiger partial charge in [-0.2, -0.15) is 0 Å². The van der Waals surface area contributed by atoms with E-state index in [0.717, 1.165) is 31.6 Å². The summed E-state index contributed by atoms with van der Waals surface area (Å²) in [5.74, 6) is 0.663. The maximum atomic E-state index is 12.7. The number of nitrogens with zero attached hydrogens (tertiary/aromatic N) is 2. The Morgan fingerprint density at radius 1 is 1.10 bits per heavy atom. The van der Waals surface area contributed by atoms with E-state index in [1.165, 1.54) is 18.5 Å². The first-order valence-electron chi connectivity index (χ1n) is 10.8. The highest BCUT2D eigenvalue weighted by molar-refractivity contribution is 5.92. The van der Waals surface area contributed by atoms with Gasteiger partial charge in [0, 0.05) is 36.5 Å². The van der Waals surface area contributed by atoms with Crippen LogP contribution in [0.5, 0.6) is 0 Å². The molecule has 0 aliphatic carbocycles. The quantitative estimate of drug-likeness (QED) is 0.813. The van der Waals surface area contributed by atoms with Gasteiger partial charge in [-0.1, -0.05) is 0 Å². The first kappa shape index (κ1) is 18.7. The summed E-state index contributed by atoms with van der Waals surface area (Å²) in [5.41, 5.74) is 1.16. The third kappa shape index (κ3) is 3.67. The number of amides is 1. The third-order valence-corrected chi connectivity index (χ3v) is 6.85. The van der Waals surface area contributed by atoms with E-state index in [9.17, 15) is 9.90 Å². The Labute approximate surface area is 171 Å². The van der Waals surface area contributed by atoms with Crippen molar-refractivity contribution in [3.63, 3.8) is 0 Å². The number of anilines is 2. The molecule has 6 heteroatoms. The number of rotatable bonds is 5. The Balaban J connectivity index is 1.19. The van der Waals surface area contributed by atoms with Crippen LogP contribution in [0, 0.1) is 0 Å². The van der Waals surface area contributed by atoms with Crippen molar-refractivity contribution in [3.8, 4) is 0 Å². The topological polar surface area (TPSA) is 69.0 Å². The summed E-state index contributed by atoms with van der Waals surface area (Å²) in [4.78, 5) is 17.3. The molecule has 2 aromatic rings. The van der Waals surface area contributed by atoms with Gasteiger partial charge in [-0.25, -0.2) is 0 Å². The molecule has 2 bridgehead atoms. The van der Waals surface area contributed by atoms with Crippen LogP contribution in [0.3, 0.4) is 0 Å². The summed E-state index contributed by atoms with van der Waals surface area (Å²) in [6, 6.07) is 12.3. The average Bonchev–Trinajstić information content (AvgIpc) is 3.46. The molecule has 1 aromatic carbocycles. The zero-order valence-corrected chi connectivity index (χ0v) is 16.7. The minimum Gasteiger partial charge on any atom is -0.466 e. The minimum absolute atomic E-state index is 0.0132. The summed E-state index contributed by atoms with van der Waals surface area (Å²) in [5, 5.41) is 14.1. The van der Waals surface area contributed by atoms with Gasteiger partial charge in [0.2, 0.25) is 5.91 Å². The molecule has 154 valence electrons. The molecule has 1 aromatic heterocycles. The lowest BCUT2D eigenvalue weighted by Gasteiger charge is -2.42. The van der Waals surface area contributed by atoms with Gasteiger partial charge in [-0.3, -0.25) is 9.69 Å². The number of carbonyl (C=O) groups excluding carboxylic acids is 1. The number of aliphatic hydroxyl groups is 1. The van der Waals surface area contributed by atoms with Crippen molar-refractivity contribution in [2.24, 2.45) is 0 Å². The van der Waals surface area contributed by atoms with E-state index in [1.807, 2.05) is 24.3 Å². The fourth-order valence-corrected chi connectivity index (χ4v) is 5.42. The van der Waals surface area contributed by atoms with Crippen LogP contribution >= 0.6 is 0 Å². The highest BCUT2D eigenvalue weighted by Crippen LogP contribution is 2.45. The van der Waals surface area contributed by atoms with E-state index in [1.54, 1.807) is 6.26 Å². The van der Waals surface area contributed by atoms with E-state index < -0.39 is 5.60 Å². The van der Waals surface area contributed by atoms with Crippen LogP contribution in [0.25, 0.3) is 0 Å². The number of hydrogen-bond acceptors (Lipinski definition) is 5. The first-order chi connectivity index (χ1) is 14.1. The van der Waals surface area contributed by atoms with Crippen molar-refractivity contribution in [1.82, 2.24) is 4.90 Å². The second-order valence-electron chi connectivity index (χ2n) is 8.76. The smallest absolute Gasteiger partial charge is 0.238 e. The van der Waals surface area contributed by atoms with Crippen LogP contribution in [-0.2, 0) is 10.4 Å². The van der Waals surface area contributed by atoms with E-state index in [0.29, 0.717) is 25.1 Å². The van der Waals surface area contributed by atoms with Crippen molar-refractivity contribution in [3.05, 3.63) is 48.4 Å². The van der Waals surface area contributed by atoms with Crippen LogP contribution in [0.1, 0.15) is 44.3 Å². The van der Waals surface area contributed by atoms with Crippen LogP contribution in [0.4, 0.5) is 11.4 Å². The molecule has 2 unspecified atom stereocenters. The Kier molecular flexibility index (Phi) is 4.84. The fourth-order valence-electron chi connectivity index (χ4n) is 5.42. The molecule has 2 N–H and O–H groups in total. The molecule has 29 heavy (non-hydrogen) atoms. The summed E-state index contributed by atoms with van der Waals surface area (Å²) >= 11 is 0. The van der Waals surface area contributed by atoms with Crippen molar-refractivity contribution in [2.75, 3.05) is 29.9 Å². The number of benzene rings is 1. The van der Waals surface area contributed by atoms with E-state index in [4.69, 9.17) is 4.42 Å². The molecular weight excluding hydrogens is 366 g/mol. The SMILES string of the molecule is O=C(CN1C2CCC1CC(O)(c1ccco1)C2)Nc1ccc(N2CCCC2)cc1. The lowest BCUT2D eigenvalue weighted by atomic mass is 9.84. The fraction of sp³-hybridized carbons (Fsp3) is 0.522. The van der Waals surface area contributed by atoms with Crippen molar-refractivity contribution in [1.29, 1.82) is 0 Å². The zero-order valence-electron chi connectivity index (χ0n) is 16.7. The maximum Gasteiger partial charge on any atom is 0.238 e. The second kappa shape index (κ2) is 7.50. The summed E-state index contributed by atoms with van der Waals surface area (Å²) in [6.45, 7) is 2.61. The number of fused-ring (bicyclic) bond motifs is 2. The molecule has 2 atom stereocenters. The van der Waals surface area contributed by atoms with Gasteiger partial charge in [0.05, 0.1) is 12.8 Å². The molecular formula is C23H29N3O3. The maximum absolute atomic E-state index is 12.7. The zero-order chi connectivity index (χ0) is 19.8. The molecule has 4 heterocycles. The van der Waals surface area contributed by atoms with E-state index >= 15 is 0 Å². The molecule has 3 fully saturated rings. The summed E-state index contributed by atoms with van der Waals surface area (Å²) in [7, 11) is 0. The highest BCUT2D eigenvalue weighted by atomic mass is 16.4. The Morgan fingerprint density at radius 3 is 2.41 bits per heavy atom. The first-order valence-corrected chi connectivity index (χ1v) is 10.8. The van der Waals surface area contributed by atoms with Crippen LogP contribution in [-0.4, -0.2) is 47.6 Å². The van der Waals surface area contributed by atoms with Crippen molar-refractivity contribution < 1.29 is 14.3 Å². The van der Waals surface area contributed by atoms with Crippen LogP contribution in [0.2, 0.25) is 0 Å². The molecule has 3 saturated heterocycles.